The Labute approximate surface area is 544 Å². The summed E-state index contributed by atoms with van der Waals surface area (Å²) in [6.07, 6.45) is 3.70. The van der Waals surface area contributed by atoms with Gasteiger partial charge >= 0.3 is 0 Å². The molecule has 94 heavy (non-hydrogen) atoms. The molecule has 8 heteroatoms. The first kappa shape index (κ1) is 55.3. The predicted molar refractivity (Wildman–Crippen MR) is 392 cm³/mol. The fraction of sp³-hybridized carbons (Fsp3) is 0. The van der Waals surface area contributed by atoms with Crippen LogP contribution in [0.1, 0.15) is 0 Å². The Morgan fingerprint density at radius 1 is 0.191 bits per heavy atom. The first-order valence-corrected chi connectivity index (χ1v) is 31.7. The molecule has 13 aromatic carbocycles. The molecule has 0 N–H and O–H groups in total. The third-order valence-corrected chi connectivity index (χ3v) is 17.8. The molecule has 0 bridgehead atoms. The molecule has 0 aliphatic rings. The van der Waals surface area contributed by atoms with Gasteiger partial charge in [-0.1, -0.05) is 182 Å². The molecule has 0 fully saturated rings. The summed E-state index contributed by atoms with van der Waals surface area (Å²) in [6.45, 7) is 0. The molecule has 4 aromatic heterocycles. The summed E-state index contributed by atoms with van der Waals surface area (Å²) in [5.41, 5.74) is 18.0. The summed E-state index contributed by atoms with van der Waals surface area (Å²) in [4.78, 5) is 30.0. The van der Waals surface area contributed by atoms with E-state index in [-0.39, 0.29) is 0 Å². The quantitative estimate of drug-likeness (QED) is 0.0788. The van der Waals surface area contributed by atoms with Crippen LogP contribution < -0.4 is 19.6 Å². The van der Waals surface area contributed by atoms with E-state index in [1.807, 2.05) is 24.5 Å². The molecule has 17 rings (SSSR count). The van der Waals surface area contributed by atoms with E-state index in [9.17, 15) is 0 Å². The van der Waals surface area contributed by atoms with E-state index in [2.05, 4.69) is 347 Å². The van der Waals surface area contributed by atoms with E-state index in [0.717, 1.165) is 156 Å². The van der Waals surface area contributed by atoms with Crippen molar-refractivity contribution in [3.8, 4) is 22.3 Å². The number of fused-ring (bicyclic) bond motifs is 8. The van der Waals surface area contributed by atoms with Gasteiger partial charge in [-0.05, 0) is 202 Å². The molecule has 442 valence electrons. The number of benzene rings is 13. The van der Waals surface area contributed by atoms with Gasteiger partial charge in [-0.2, -0.15) is 0 Å². The zero-order valence-corrected chi connectivity index (χ0v) is 51.1. The highest BCUT2D eigenvalue weighted by molar-refractivity contribution is 6.23. The molecule has 4 heterocycles. The Bertz CT molecular complexity index is 5180. The second-order valence-corrected chi connectivity index (χ2v) is 23.4. The summed E-state index contributed by atoms with van der Waals surface area (Å²) in [6, 6.07) is 121. The zero-order chi connectivity index (χ0) is 62.3. The predicted octanol–water partition coefficient (Wildman–Crippen LogP) is 23.4. The van der Waals surface area contributed by atoms with Crippen LogP contribution in [-0.2, 0) is 0 Å². The van der Waals surface area contributed by atoms with Crippen molar-refractivity contribution in [1.29, 1.82) is 0 Å². The summed E-state index contributed by atoms with van der Waals surface area (Å²) in [5.74, 6) is 1.55. The second kappa shape index (κ2) is 23.9. The van der Waals surface area contributed by atoms with E-state index < -0.39 is 0 Å². The van der Waals surface area contributed by atoms with Crippen LogP contribution >= 0.6 is 0 Å². The Morgan fingerprint density at radius 2 is 0.468 bits per heavy atom. The number of anilines is 12. The van der Waals surface area contributed by atoms with Crippen LogP contribution in [-0.4, -0.2) is 19.9 Å². The van der Waals surface area contributed by atoms with Crippen molar-refractivity contribution in [2.45, 2.75) is 0 Å². The van der Waals surface area contributed by atoms with E-state index >= 15 is 0 Å². The minimum atomic E-state index is 0.777. The summed E-state index contributed by atoms with van der Waals surface area (Å²) < 4.78 is 0. The van der Waals surface area contributed by atoms with Gasteiger partial charge in [0.05, 0.1) is 22.1 Å². The monoisotopic (exact) mass is 1200 g/mol. The average Bonchev–Trinajstić information content (AvgIpc) is 0.742. The number of pyridine rings is 4. The van der Waals surface area contributed by atoms with E-state index in [0.29, 0.717) is 0 Å². The topological polar surface area (TPSA) is 64.5 Å². The first-order chi connectivity index (χ1) is 46.6. The fourth-order valence-electron chi connectivity index (χ4n) is 13.5. The highest BCUT2D eigenvalue weighted by Crippen LogP contribution is 2.50. The van der Waals surface area contributed by atoms with Crippen molar-refractivity contribution in [3.63, 3.8) is 0 Å². The lowest BCUT2D eigenvalue weighted by molar-refractivity contribution is 1.21. The summed E-state index contributed by atoms with van der Waals surface area (Å²) in [5, 5.41) is 8.45. The molecule has 17 aromatic rings. The minimum absolute atomic E-state index is 0.777. The molecule has 0 saturated heterocycles. The third-order valence-electron chi connectivity index (χ3n) is 17.8. The first-order valence-electron chi connectivity index (χ1n) is 31.7. The lowest BCUT2D eigenvalue weighted by atomic mass is 9.85. The van der Waals surface area contributed by atoms with Crippen LogP contribution in [0.4, 0.5) is 68.5 Å². The van der Waals surface area contributed by atoms with Gasteiger partial charge in [0.25, 0.3) is 0 Å². The summed E-state index contributed by atoms with van der Waals surface area (Å²) >= 11 is 0. The van der Waals surface area contributed by atoms with Crippen LogP contribution in [0.3, 0.4) is 0 Å². The average molecular weight is 1200 g/mol. The highest BCUT2D eigenvalue weighted by atomic mass is 15.2. The zero-order valence-electron chi connectivity index (χ0n) is 51.1. The molecule has 0 aliphatic carbocycles. The Balaban J connectivity index is 0.941. The van der Waals surface area contributed by atoms with Crippen molar-refractivity contribution in [2.24, 2.45) is 0 Å². The molecular weight excluding hydrogens is 1150 g/mol. The number of hydrogen-bond donors (Lipinski definition) is 0. The Kier molecular flexibility index (Phi) is 14.0. The van der Waals surface area contributed by atoms with Gasteiger partial charge in [0, 0.05) is 90.8 Å². The Hall–Kier alpha value is -12.8. The minimum Gasteiger partial charge on any atom is -0.311 e. The van der Waals surface area contributed by atoms with Gasteiger partial charge in [0.2, 0.25) is 0 Å². The highest BCUT2D eigenvalue weighted by Gasteiger charge is 2.25. The summed E-state index contributed by atoms with van der Waals surface area (Å²) in [7, 11) is 0. The largest absolute Gasteiger partial charge is 0.311 e. The maximum atomic E-state index is 5.52. The maximum absolute atomic E-state index is 5.52. The number of nitrogens with zero attached hydrogens (tertiary/aromatic N) is 8. The van der Waals surface area contributed by atoms with E-state index in [1.165, 1.54) is 0 Å². The van der Waals surface area contributed by atoms with Crippen LogP contribution in [0.15, 0.2) is 352 Å². The van der Waals surface area contributed by atoms with Gasteiger partial charge in [-0.25, -0.2) is 9.97 Å². The second-order valence-electron chi connectivity index (χ2n) is 23.4. The van der Waals surface area contributed by atoms with Crippen LogP contribution in [0.5, 0.6) is 0 Å². The van der Waals surface area contributed by atoms with Crippen LogP contribution in [0.25, 0.3) is 87.4 Å². The van der Waals surface area contributed by atoms with Gasteiger partial charge < -0.3 is 9.80 Å². The number of para-hydroxylation sites is 6. The number of rotatable bonds is 14. The van der Waals surface area contributed by atoms with Crippen molar-refractivity contribution < 1.29 is 0 Å². The molecule has 0 saturated carbocycles. The molecule has 0 amide bonds. The molecule has 0 spiro atoms. The molecular formula is C86H58N8. The van der Waals surface area contributed by atoms with E-state index in [1.54, 1.807) is 0 Å². The van der Waals surface area contributed by atoms with Gasteiger partial charge in [0.1, 0.15) is 11.6 Å². The van der Waals surface area contributed by atoms with Crippen molar-refractivity contribution >= 4 is 134 Å². The molecule has 8 nitrogen and oxygen atoms in total. The smallest absolute Gasteiger partial charge is 0.138 e. The maximum Gasteiger partial charge on any atom is 0.138 e. The molecule has 0 radical (unpaired) electrons. The van der Waals surface area contributed by atoms with Gasteiger partial charge in [0.15, 0.2) is 0 Å². The SMILES string of the molecule is c1ccc(N(c2ccccc2)c2ccc(-c3c4ccc(N(c5ccccc5)c5ccc6ccc7cccnc7c6n5)cc4c(-c4ccc(N(c5ccccc5)c5ccccc5)cc4)c4ccc(N(c5ccccc5)c5ccc6ccc7cccnc7c6n5)cc34)cc2)cc1. The van der Waals surface area contributed by atoms with Crippen molar-refractivity contribution in [1.82, 2.24) is 19.9 Å². The lowest BCUT2D eigenvalue weighted by Gasteiger charge is -2.28. The molecule has 0 atom stereocenters. The fourth-order valence-corrected chi connectivity index (χ4v) is 13.5. The van der Waals surface area contributed by atoms with Gasteiger partial charge in [-0.15, -0.1) is 0 Å². The Morgan fingerprint density at radius 3 is 0.798 bits per heavy atom. The van der Waals surface area contributed by atoms with Crippen molar-refractivity contribution in [3.05, 3.63) is 352 Å². The normalized spacial score (nSPS) is 11.4. The van der Waals surface area contributed by atoms with E-state index in [4.69, 9.17) is 19.9 Å². The third kappa shape index (κ3) is 10.1. The lowest BCUT2D eigenvalue weighted by Crippen LogP contribution is -2.12. The molecule has 0 unspecified atom stereocenters. The number of hydrogen-bond acceptors (Lipinski definition) is 8. The molecule has 0 aliphatic heterocycles. The van der Waals surface area contributed by atoms with Crippen LogP contribution in [0.2, 0.25) is 0 Å². The van der Waals surface area contributed by atoms with Crippen LogP contribution in [0, 0.1) is 0 Å². The van der Waals surface area contributed by atoms with Crippen molar-refractivity contribution in [2.75, 3.05) is 19.6 Å². The number of aromatic nitrogens is 4. The van der Waals surface area contributed by atoms with Gasteiger partial charge in [-0.3, -0.25) is 19.8 Å². The standard InChI is InChI=1S/C86H58N8/c1-7-23-65(24-8-1)91(66-25-9-2-10-26-66)71-45-39-59(40-46-71)81-75-51-49-74(94(70-33-17-6-18-34-70)80-54-44-64-38-36-62-22-20-56-88-84(62)86(64)90-80)58-78(75)82(60-41-47-72(48-42-60)92(67-27-11-3-12-28-67)68-29-13-4-14-30-68)76-52-50-73(57-77(76)81)93(69-31-15-5-16-32-69)79-53-43-63-37-35-61-21-19-55-87-83(61)85(63)89-79/h1-58H.